The first kappa shape index (κ1) is 26.1. The zero-order valence-electron chi connectivity index (χ0n) is 22.3. The van der Waals surface area contributed by atoms with Gasteiger partial charge < -0.3 is 21.3 Å². The van der Waals surface area contributed by atoms with Crippen molar-refractivity contribution in [1.29, 1.82) is 0 Å². The third-order valence-electron chi connectivity index (χ3n) is 9.94. The summed E-state index contributed by atoms with van der Waals surface area (Å²) in [5.41, 5.74) is 6.05. The highest BCUT2D eigenvalue weighted by atomic mass is 16.2. The molecule has 3 aliphatic carbocycles. The van der Waals surface area contributed by atoms with Crippen LogP contribution in [0.4, 0.5) is 0 Å². The molecule has 4 fully saturated rings. The van der Waals surface area contributed by atoms with Crippen LogP contribution in [0.3, 0.4) is 0 Å². The third kappa shape index (κ3) is 4.00. The summed E-state index contributed by atoms with van der Waals surface area (Å²) in [6, 6.07) is -2.24. The summed E-state index contributed by atoms with van der Waals surface area (Å²) in [6.45, 7) is 12.8. The number of Topliss-reactive ketones (excluding diaryl/α,β-unsaturated/α-hetero) is 1. The summed E-state index contributed by atoms with van der Waals surface area (Å²) in [7, 11) is 0. The van der Waals surface area contributed by atoms with E-state index in [1.54, 1.807) is 4.90 Å². The monoisotopic (exact) mass is 488 g/mol. The molecule has 3 amide bonds. The Morgan fingerprint density at radius 2 is 1.71 bits per heavy atom. The van der Waals surface area contributed by atoms with Crippen LogP contribution in [0.1, 0.15) is 92.9 Å². The average Bonchev–Trinajstić information content (AvgIpc) is 3.56. The summed E-state index contributed by atoms with van der Waals surface area (Å²) in [4.78, 5) is 54.3. The van der Waals surface area contributed by atoms with Crippen molar-refractivity contribution in [3.8, 4) is 0 Å². The number of likely N-dealkylation sites (tertiary alicyclic amines) is 1. The number of rotatable bonds is 8. The topological polar surface area (TPSA) is 122 Å². The van der Waals surface area contributed by atoms with Crippen molar-refractivity contribution in [2.45, 2.75) is 117 Å². The predicted molar refractivity (Wildman–Crippen MR) is 133 cm³/mol. The van der Waals surface area contributed by atoms with Crippen LogP contribution >= 0.6 is 0 Å². The zero-order valence-corrected chi connectivity index (χ0v) is 22.3. The quantitative estimate of drug-likeness (QED) is 0.453. The number of amides is 3. The maximum atomic E-state index is 13.7. The van der Waals surface area contributed by atoms with Crippen LogP contribution in [-0.2, 0) is 19.2 Å². The first-order valence-corrected chi connectivity index (χ1v) is 13.4. The van der Waals surface area contributed by atoms with Crippen molar-refractivity contribution < 1.29 is 19.2 Å². The number of hydrogen-bond donors (Lipinski definition) is 3. The number of fused-ring (bicyclic) bond motifs is 1. The lowest BCUT2D eigenvalue weighted by molar-refractivity contribution is -0.143. The van der Waals surface area contributed by atoms with Crippen molar-refractivity contribution >= 4 is 23.5 Å². The van der Waals surface area contributed by atoms with Crippen LogP contribution in [-0.4, -0.2) is 59.1 Å². The molecular weight excluding hydrogens is 444 g/mol. The molecule has 0 radical (unpaired) electrons. The van der Waals surface area contributed by atoms with Crippen molar-refractivity contribution in [3.63, 3.8) is 0 Å². The second kappa shape index (κ2) is 8.56. The first-order valence-electron chi connectivity index (χ1n) is 13.4. The van der Waals surface area contributed by atoms with Gasteiger partial charge in [-0.25, -0.2) is 0 Å². The number of hydrogen-bond acceptors (Lipinski definition) is 5. The molecule has 1 aliphatic heterocycles. The van der Waals surface area contributed by atoms with Crippen LogP contribution in [0, 0.1) is 21.7 Å². The van der Waals surface area contributed by atoms with Crippen LogP contribution in [0.25, 0.3) is 0 Å². The molecule has 4 rings (SSSR count). The minimum Gasteiger partial charge on any atom is -0.347 e. The smallest absolute Gasteiger partial charge is 0.289 e. The molecule has 2 spiro atoms. The number of nitrogens with one attached hydrogen (secondary N) is 2. The Balaban J connectivity index is 1.56. The van der Waals surface area contributed by atoms with Crippen molar-refractivity contribution in [3.05, 3.63) is 0 Å². The lowest BCUT2D eigenvalue weighted by atomic mass is 9.73. The Kier molecular flexibility index (Phi) is 6.39. The third-order valence-corrected chi connectivity index (χ3v) is 9.94. The molecule has 4 N–H and O–H groups in total. The molecule has 0 aromatic carbocycles. The van der Waals surface area contributed by atoms with Gasteiger partial charge in [-0.2, -0.15) is 0 Å². The minimum absolute atomic E-state index is 0.0421. The standard InChI is InChI=1S/C27H44N4O4/c1-7-9-17(19(32)22(34)29-16-10-11-16)30-21(33)18-14-27(25(5,6)26(27)12-8-13-26)15-31(18)23(35)20(28)24(2,3)4/h16-18,20H,7-15,28H2,1-6H3,(H,29,34)(H,30,33)/t17?,18-,20+,27-/m0/s1. The van der Waals surface area contributed by atoms with Gasteiger partial charge in [-0.05, 0) is 54.8 Å². The van der Waals surface area contributed by atoms with Gasteiger partial charge in [0.25, 0.3) is 5.91 Å². The van der Waals surface area contributed by atoms with E-state index in [4.69, 9.17) is 5.73 Å². The van der Waals surface area contributed by atoms with E-state index in [0.29, 0.717) is 25.8 Å². The Morgan fingerprint density at radius 3 is 2.17 bits per heavy atom. The number of carbonyl (C=O) groups excluding carboxylic acids is 4. The van der Waals surface area contributed by atoms with E-state index < -0.39 is 35.2 Å². The Hall–Kier alpha value is -1.96. The second-order valence-electron chi connectivity index (χ2n) is 13.1. The van der Waals surface area contributed by atoms with Gasteiger partial charge in [0, 0.05) is 18.0 Å². The molecule has 196 valence electrons. The molecule has 8 nitrogen and oxygen atoms in total. The molecule has 4 aliphatic rings. The highest BCUT2D eigenvalue weighted by Crippen LogP contribution is 2.88. The van der Waals surface area contributed by atoms with Crippen molar-refractivity contribution in [2.24, 2.45) is 27.4 Å². The summed E-state index contributed by atoms with van der Waals surface area (Å²) < 4.78 is 0. The van der Waals surface area contributed by atoms with Gasteiger partial charge in [0.1, 0.15) is 6.04 Å². The molecule has 0 aromatic heterocycles. The highest BCUT2D eigenvalue weighted by Gasteiger charge is 2.85. The summed E-state index contributed by atoms with van der Waals surface area (Å²) >= 11 is 0. The van der Waals surface area contributed by atoms with Crippen LogP contribution in [0.15, 0.2) is 0 Å². The first-order chi connectivity index (χ1) is 16.2. The molecule has 1 heterocycles. The summed E-state index contributed by atoms with van der Waals surface area (Å²) in [6.07, 6.45) is 6.81. The fraction of sp³-hybridized carbons (Fsp3) is 0.852. The predicted octanol–water partition coefficient (Wildman–Crippen LogP) is 2.29. The second-order valence-corrected chi connectivity index (χ2v) is 13.1. The fourth-order valence-corrected chi connectivity index (χ4v) is 7.08. The number of nitrogens with two attached hydrogens (primary N) is 1. The molecule has 4 atom stereocenters. The SMILES string of the molecule is CCCC(NC(=O)[C@@H]1C[C@]2(CN1C(=O)[C@@H](N)C(C)(C)C)C(C)(C)C21CCC1)C(=O)C(=O)NC1CC1. The zero-order chi connectivity index (χ0) is 26.0. The fourth-order valence-electron chi connectivity index (χ4n) is 7.08. The average molecular weight is 489 g/mol. The normalized spacial score (nSPS) is 29.9. The number of ketones is 1. The molecule has 3 saturated carbocycles. The van der Waals surface area contributed by atoms with Crippen LogP contribution in [0.2, 0.25) is 0 Å². The largest absolute Gasteiger partial charge is 0.347 e. The van der Waals surface area contributed by atoms with Gasteiger partial charge in [-0.15, -0.1) is 0 Å². The lowest BCUT2D eigenvalue weighted by Gasteiger charge is -2.33. The van der Waals surface area contributed by atoms with Crippen LogP contribution in [0.5, 0.6) is 0 Å². The molecule has 8 heteroatoms. The van der Waals surface area contributed by atoms with Gasteiger partial charge >= 0.3 is 0 Å². The number of nitrogens with zero attached hydrogens (tertiary/aromatic N) is 1. The molecule has 35 heavy (non-hydrogen) atoms. The van der Waals surface area contributed by atoms with Crippen molar-refractivity contribution in [2.75, 3.05) is 6.54 Å². The van der Waals surface area contributed by atoms with Crippen molar-refractivity contribution in [1.82, 2.24) is 15.5 Å². The van der Waals surface area contributed by atoms with Gasteiger partial charge in [-0.3, -0.25) is 19.2 Å². The van der Waals surface area contributed by atoms with Crippen LogP contribution < -0.4 is 16.4 Å². The maximum absolute atomic E-state index is 13.7. The number of carbonyl (C=O) groups is 4. The lowest BCUT2D eigenvalue weighted by Crippen LogP contribution is -2.57. The van der Waals surface area contributed by atoms with Gasteiger partial charge in [0.05, 0.1) is 12.1 Å². The Bertz CT molecular complexity index is 915. The van der Waals surface area contributed by atoms with Gasteiger partial charge in [0.15, 0.2) is 0 Å². The van der Waals surface area contributed by atoms with Gasteiger partial charge in [0.2, 0.25) is 17.6 Å². The molecular formula is C27H44N4O4. The molecule has 1 saturated heterocycles. The molecule has 0 bridgehead atoms. The minimum atomic E-state index is -0.888. The summed E-state index contributed by atoms with van der Waals surface area (Å²) in [5, 5.41) is 5.60. The summed E-state index contributed by atoms with van der Waals surface area (Å²) in [5.74, 6) is -1.80. The van der Waals surface area contributed by atoms with E-state index in [2.05, 4.69) is 24.5 Å². The van der Waals surface area contributed by atoms with E-state index in [-0.39, 0.29) is 34.1 Å². The Morgan fingerprint density at radius 1 is 1.09 bits per heavy atom. The van der Waals surface area contributed by atoms with E-state index in [0.717, 1.165) is 25.7 Å². The van der Waals surface area contributed by atoms with E-state index >= 15 is 0 Å². The van der Waals surface area contributed by atoms with E-state index in [9.17, 15) is 19.2 Å². The van der Waals surface area contributed by atoms with Gasteiger partial charge in [-0.1, -0.05) is 54.4 Å². The maximum Gasteiger partial charge on any atom is 0.289 e. The van der Waals surface area contributed by atoms with E-state index in [1.807, 2.05) is 27.7 Å². The molecule has 1 unspecified atom stereocenters. The highest BCUT2D eigenvalue weighted by molar-refractivity contribution is 6.38. The molecule has 0 aromatic rings. The Labute approximate surface area is 209 Å². The van der Waals surface area contributed by atoms with E-state index in [1.165, 1.54) is 6.42 Å².